The van der Waals surface area contributed by atoms with Crippen molar-refractivity contribution in [3.8, 4) is 0 Å². The largest absolute Gasteiger partial charge is 0.409 e. The van der Waals surface area contributed by atoms with Gasteiger partial charge in [0.05, 0.1) is 0 Å². The van der Waals surface area contributed by atoms with Gasteiger partial charge in [0.2, 0.25) is 5.91 Å². The molecule has 8 nitrogen and oxygen atoms in total. The van der Waals surface area contributed by atoms with Gasteiger partial charge in [-0.3, -0.25) is 9.59 Å². The lowest BCUT2D eigenvalue weighted by molar-refractivity contribution is 0.0750. The van der Waals surface area contributed by atoms with Gasteiger partial charge < -0.3 is 26.1 Å². The minimum absolute atomic E-state index is 0.00255. The normalized spacial score (nSPS) is 14.9. The van der Waals surface area contributed by atoms with E-state index in [1.165, 1.54) is 19.3 Å². The second-order valence-corrected chi connectivity index (χ2v) is 9.13. The van der Waals surface area contributed by atoms with Crippen LogP contribution >= 0.6 is 0 Å². The van der Waals surface area contributed by atoms with Crippen LogP contribution in [0.15, 0.2) is 53.7 Å². The highest BCUT2D eigenvalue weighted by molar-refractivity contribution is 6.03. The number of rotatable bonds is 7. The second kappa shape index (κ2) is 9.99. The van der Waals surface area contributed by atoms with E-state index in [0.717, 1.165) is 35.9 Å². The summed E-state index contributed by atoms with van der Waals surface area (Å²) in [5, 5.41) is 13.1. The molecule has 1 fully saturated rings. The van der Waals surface area contributed by atoms with Crippen LogP contribution in [-0.4, -0.2) is 45.9 Å². The summed E-state index contributed by atoms with van der Waals surface area (Å²) in [6.07, 6.45) is 6.06. The van der Waals surface area contributed by atoms with Crippen molar-refractivity contribution in [2.75, 3.05) is 13.6 Å². The van der Waals surface area contributed by atoms with Crippen molar-refractivity contribution in [1.29, 1.82) is 0 Å². The average molecular weight is 462 g/mol. The fourth-order valence-corrected chi connectivity index (χ4v) is 4.81. The number of fused-ring (bicyclic) bond motifs is 1. The Morgan fingerprint density at radius 3 is 2.35 bits per heavy atom. The molecule has 4 rings (SSSR count). The molecule has 1 aliphatic rings. The molecule has 3 aromatic rings. The zero-order chi connectivity index (χ0) is 24.2. The molecule has 2 aromatic carbocycles. The number of aromatic nitrogens is 1. The molecule has 1 aliphatic carbocycles. The zero-order valence-electron chi connectivity index (χ0n) is 19.4. The molecule has 0 radical (unpaired) electrons. The molecule has 0 saturated heterocycles. The number of benzene rings is 2. The molecule has 1 saturated carbocycles. The van der Waals surface area contributed by atoms with Crippen LogP contribution < -0.4 is 11.5 Å². The Balaban J connectivity index is 1.72. The van der Waals surface area contributed by atoms with E-state index in [1.807, 2.05) is 46.8 Å². The van der Waals surface area contributed by atoms with Crippen molar-refractivity contribution in [3.05, 3.63) is 70.9 Å². The Morgan fingerprint density at radius 1 is 1.03 bits per heavy atom. The van der Waals surface area contributed by atoms with E-state index in [2.05, 4.69) is 5.16 Å². The van der Waals surface area contributed by atoms with Crippen molar-refractivity contribution < 1.29 is 14.8 Å². The maximum atomic E-state index is 13.6. The summed E-state index contributed by atoms with van der Waals surface area (Å²) >= 11 is 0. The first kappa shape index (κ1) is 23.4. The Bertz CT molecular complexity index is 1220. The molecule has 0 unspecified atom stereocenters. The van der Waals surface area contributed by atoms with E-state index in [0.29, 0.717) is 29.3 Å². The summed E-state index contributed by atoms with van der Waals surface area (Å²) in [6.45, 7) is 1.16. The monoisotopic (exact) mass is 461 g/mol. The standard InChI is InChI=1S/C26H31N5O3/c1-30(15-17-5-3-2-4-6-17)26(33)23-13-20-11-12-21(24(27)29-34)14-22(20)31(23)16-18-7-9-19(10-8-18)25(28)32/h7-14,17,34H,2-6,15-16H2,1H3,(H2,27,29)(H2,28,32). The van der Waals surface area contributed by atoms with Crippen LogP contribution in [0.2, 0.25) is 0 Å². The number of carbonyl (C=O) groups excluding carboxylic acids is 2. The predicted molar refractivity (Wildman–Crippen MR) is 132 cm³/mol. The number of hydrogen-bond donors (Lipinski definition) is 3. The van der Waals surface area contributed by atoms with Crippen LogP contribution in [-0.2, 0) is 6.54 Å². The Morgan fingerprint density at radius 2 is 1.71 bits per heavy atom. The number of hydrogen-bond acceptors (Lipinski definition) is 4. The lowest BCUT2D eigenvalue weighted by Crippen LogP contribution is -2.34. The zero-order valence-corrected chi connectivity index (χ0v) is 19.4. The maximum absolute atomic E-state index is 13.6. The van der Waals surface area contributed by atoms with Crippen molar-refractivity contribution in [3.63, 3.8) is 0 Å². The average Bonchev–Trinajstić information content (AvgIpc) is 3.21. The number of nitrogens with zero attached hydrogens (tertiary/aromatic N) is 3. The molecule has 1 heterocycles. The molecule has 2 amide bonds. The first-order chi connectivity index (χ1) is 16.4. The van der Waals surface area contributed by atoms with Crippen LogP contribution in [0.25, 0.3) is 10.9 Å². The molecular weight excluding hydrogens is 430 g/mol. The number of amides is 2. The number of oxime groups is 1. The van der Waals surface area contributed by atoms with Crippen molar-refractivity contribution in [1.82, 2.24) is 9.47 Å². The van der Waals surface area contributed by atoms with Gasteiger partial charge in [-0.1, -0.05) is 48.7 Å². The smallest absolute Gasteiger partial charge is 0.270 e. The minimum atomic E-state index is -0.485. The molecule has 1 aromatic heterocycles. The van der Waals surface area contributed by atoms with Gasteiger partial charge in [-0.2, -0.15) is 0 Å². The van der Waals surface area contributed by atoms with Crippen LogP contribution in [0, 0.1) is 5.92 Å². The third kappa shape index (κ3) is 4.90. The van der Waals surface area contributed by atoms with Crippen molar-refractivity contribution >= 4 is 28.6 Å². The number of nitrogens with two attached hydrogens (primary N) is 2. The molecule has 34 heavy (non-hydrogen) atoms. The fraction of sp³-hybridized carbons (Fsp3) is 0.346. The van der Waals surface area contributed by atoms with Crippen LogP contribution in [0.1, 0.15) is 64.1 Å². The second-order valence-electron chi connectivity index (χ2n) is 9.13. The van der Waals surface area contributed by atoms with E-state index >= 15 is 0 Å². The van der Waals surface area contributed by atoms with Gasteiger partial charge in [0, 0.05) is 42.2 Å². The Kier molecular flexibility index (Phi) is 6.86. The minimum Gasteiger partial charge on any atom is -0.409 e. The third-order valence-electron chi connectivity index (χ3n) is 6.71. The van der Waals surface area contributed by atoms with E-state index in [4.69, 9.17) is 16.7 Å². The summed E-state index contributed by atoms with van der Waals surface area (Å²) in [7, 11) is 1.86. The Labute approximate surface area is 198 Å². The van der Waals surface area contributed by atoms with Gasteiger partial charge in [0.25, 0.3) is 5.91 Å². The lowest BCUT2D eigenvalue weighted by atomic mass is 9.89. The molecule has 0 bridgehead atoms. The number of amidine groups is 1. The topological polar surface area (TPSA) is 127 Å². The van der Waals surface area contributed by atoms with E-state index < -0.39 is 5.91 Å². The molecule has 8 heteroatoms. The summed E-state index contributed by atoms with van der Waals surface area (Å²) in [4.78, 5) is 26.8. The first-order valence-corrected chi connectivity index (χ1v) is 11.6. The van der Waals surface area contributed by atoms with Crippen molar-refractivity contribution in [2.45, 2.75) is 38.6 Å². The summed E-state index contributed by atoms with van der Waals surface area (Å²) in [5.41, 5.74) is 14.5. The molecular formula is C26H31N5O3. The van der Waals surface area contributed by atoms with E-state index in [1.54, 1.807) is 18.2 Å². The van der Waals surface area contributed by atoms with Gasteiger partial charge in [-0.25, -0.2) is 0 Å². The van der Waals surface area contributed by atoms with Gasteiger partial charge in [-0.15, -0.1) is 0 Å². The summed E-state index contributed by atoms with van der Waals surface area (Å²) in [6, 6.07) is 14.4. The Hall–Kier alpha value is -3.81. The maximum Gasteiger partial charge on any atom is 0.270 e. The fourth-order valence-electron chi connectivity index (χ4n) is 4.81. The SMILES string of the molecule is CN(CC1CCCCC1)C(=O)c1cc2ccc(/C(N)=N\O)cc2n1Cc1ccc(C(N)=O)cc1. The molecule has 0 aliphatic heterocycles. The molecule has 0 atom stereocenters. The molecule has 5 N–H and O–H groups in total. The van der Waals surface area contributed by atoms with Gasteiger partial charge in [0.15, 0.2) is 5.84 Å². The molecule has 0 spiro atoms. The quantitative estimate of drug-likeness (QED) is 0.215. The lowest BCUT2D eigenvalue weighted by Gasteiger charge is -2.27. The number of primary amides is 1. The predicted octanol–water partition coefficient (Wildman–Crippen LogP) is 3.54. The summed E-state index contributed by atoms with van der Waals surface area (Å²) in [5.74, 6) is 0.0132. The first-order valence-electron chi connectivity index (χ1n) is 11.6. The third-order valence-corrected chi connectivity index (χ3v) is 6.71. The highest BCUT2D eigenvalue weighted by Gasteiger charge is 2.23. The van der Waals surface area contributed by atoms with Crippen LogP contribution in [0.4, 0.5) is 0 Å². The van der Waals surface area contributed by atoms with E-state index in [9.17, 15) is 9.59 Å². The van der Waals surface area contributed by atoms with Crippen LogP contribution in [0.3, 0.4) is 0 Å². The highest BCUT2D eigenvalue weighted by Crippen LogP contribution is 2.27. The van der Waals surface area contributed by atoms with Crippen LogP contribution in [0.5, 0.6) is 0 Å². The van der Waals surface area contributed by atoms with E-state index in [-0.39, 0.29) is 11.7 Å². The molecule has 178 valence electrons. The summed E-state index contributed by atoms with van der Waals surface area (Å²) < 4.78 is 1.95. The number of carbonyl (C=O) groups is 2. The highest BCUT2D eigenvalue weighted by atomic mass is 16.4. The van der Waals surface area contributed by atoms with Gasteiger partial charge in [-0.05, 0) is 48.6 Å². The van der Waals surface area contributed by atoms with Gasteiger partial charge >= 0.3 is 0 Å². The van der Waals surface area contributed by atoms with Crippen molar-refractivity contribution in [2.24, 2.45) is 22.5 Å². The van der Waals surface area contributed by atoms with Gasteiger partial charge in [0.1, 0.15) is 5.69 Å².